The van der Waals surface area contributed by atoms with Gasteiger partial charge < -0.3 is 4.98 Å². The molecule has 3 rings (SSSR count). The third kappa shape index (κ3) is 3.62. The molecule has 27 heavy (non-hydrogen) atoms. The number of carbonyl (C=O) groups excluding carboxylic acids is 1. The topological polar surface area (TPSA) is 80.6 Å². The third-order valence-electron chi connectivity index (χ3n) is 4.35. The number of alkyl halides is 3. The average Bonchev–Trinajstić information content (AvgIpc) is 2.90. The lowest BCUT2D eigenvalue weighted by Crippen LogP contribution is -2.21. The second-order valence-electron chi connectivity index (χ2n) is 6.39. The molecule has 3 aromatic rings. The van der Waals surface area contributed by atoms with Crippen LogP contribution in [0.2, 0.25) is 0 Å². The SMILES string of the molecule is Cc1nc2c(c(C)nn2C(C)C(=O)Cc2ccc(C(F)(F)F)cc2)c(=O)[nH]1. The van der Waals surface area contributed by atoms with Crippen molar-refractivity contribution < 1.29 is 18.0 Å². The van der Waals surface area contributed by atoms with Gasteiger partial charge >= 0.3 is 6.18 Å². The molecule has 1 atom stereocenters. The Labute approximate surface area is 152 Å². The highest BCUT2D eigenvalue weighted by Gasteiger charge is 2.30. The molecule has 0 amide bonds. The standard InChI is InChI=1S/C18H17F3N4O2/c1-9-15-16(22-11(3)23-17(15)27)25(24-9)10(2)14(26)8-12-4-6-13(7-5-12)18(19,20)21/h4-7,10H,8H2,1-3H3,(H,22,23,27). The molecule has 1 N–H and O–H groups in total. The maximum atomic E-state index is 12.6. The first-order valence-electron chi connectivity index (χ1n) is 8.22. The number of hydrogen-bond donors (Lipinski definition) is 1. The molecular weight excluding hydrogens is 361 g/mol. The van der Waals surface area contributed by atoms with Crippen LogP contribution in [-0.4, -0.2) is 25.5 Å². The van der Waals surface area contributed by atoms with Gasteiger partial charge in [0.05, 0.1) is 11.3 Å². The first-order valence-corrected chi connectivity index (χ1v) is 8.22. The number of aromatic nitrogens is 4. The van der Waals surface area contributed by atoms with Crippen LogP contribution < -0.4 is 5.56 Å². The van der Waals surface area contributed by atoms with Crippen LogP contribution in [0.1, 0.15) is 35.6 Å². The van der Waals surface area contributed by atoms with Gasteiger partial charge in [0.1, 0.15) is 17.3 Å². The molecule has 2 aromatic heterocycles. The number of rotatable bonds is 4. The zero-order valence-electron chi connectivity index (χ0n) is 14.9. The van der Waals surface area contributed by atoms with Crippen LogP contribution in [0.3, 0.4) is 0 Å². The molecule has 0 aliphatic heterocycles. The number of aryl methyl sites for hydroxylation is 2. The van der Waals surface area contributed by atoms with E-state index in [4.69, 9.17) is 0 Å². The van der Waals surface area contributed by atoms with E-state index in [2.05, 4.69) is 15.1 Å². The van der Waals surface area contributed by atoms with Crippen molar-refractivity contribution in [3.8, 4) is 0 Å². The Balaban J connectivity index is 1.88. The van der Waals surface area contributed by atoms with E-state index in [-0.39, 0.29) is 17.8 Å². The van der Waals surface area contributed by atoms with Crippen molar-refractivity contribution in [3.05, 3.63) is 57.3 Å². The normalized spacial score (nSPS) is 13.1. The maximum absolute atomic E-state index is 12.6. The minimum atomic E-state index is -4.42. The second-order valence-corrected chi connectivity index (χ2v) is 6.39. The summed E-state index contributed by atoms with van der Waals surface area (Å²) in [6, 6.07) is 3.74. The highest BCUT2D eigenvalue weighted by Crippen LogP contribution is 2.29. The summed E-state index contributed by atoms with van der Waals surface area (Å²) in [5.74, 6) is 0.148. The van der Waals surface area contributed by atoms with E-state index in [0.717, 1.165) is 12.1 Å². The molecule has 0 spiro atoms. The molecule has 1 unspecified atom stereocenters. The summed E-state index contributed by atoms with van der Waals surface area (Å²) in [6.07, 6.45) is -4.47. The van der Waals surface area contributed by atoms with Gasteiger partial charge in [0.15, 0.2) is 11.4 Å². The van der Waals surface area contributed by atoms with Gasteiger partial charge in [-0.15, -0.1) is 0 Å². The lowest BCUT2D eigenvalue weighted by Gasteiger charge is -2.13. The van der Waals surface area contributed by atoms with Gasteiger partial charge in [-0.05, 0) is 38.5 Å². The fraction of sp³-hybridized carbons (Fsp3) is 0.333. The monoisotopic (exact) mass is 378 g/mol. The number of fused-ring (bicyclic) bond motifs is 1. The van der Waals surface area contributed by atoms with Crippen LogP contribution in [0.15, 0.2) is 29.1 Å². The Bertz CT molecular complexity index is 1070. The van der Waals surface area contributed by atoms with Gasteiger partial charge in [-0.25, -0.2) is 9.67 Å². The lowest BCUT2D eigenvalue weighted by molar-refractivity contribution is -0.137. The van der Waals surface area contributed by atoms with Crippen LogP contribution in [0.4, 0.5) is 13.2 Å². The Morgan fingerprint density at radius 2 is 1.85 bits per heavy atom. The van der Waals surface area contributed by atoms with Crippen LogP contribution in [0.25, 0.3) is 11.0 Å². The minimum absolute atomic E-state index is 0.0537. The summed E-state index contributed by atoms with van der Waals surface area (Å²) < 4.78 is 39.3. The van der Waals surface area contributed by atoms with Gasteiger partial charge in [-0.1, -0.05) is 12.1 Å². The molecule has 6 nitrogen and oxygen atoms in total. The summed E-state index contributed by atoms with van der Waals surface area (Å²) >= 11 is 0. The smallest absolute Gasteiger partial charge is 0.310 e. The number of aromatic amines is 1. The molecule has 9 heteroatoms. The largest absolute Gasteiger partial charge is 0.416 e. The molecule has 0 radical (unpaired) electrons. The number of ketones is 1. The van der Waals surface area contributed by atoms with Crippen LogP contribution in [0, 0.1) is 13.8 Å². The third-order valence-corrected chi connectivity index (χ3v) is 4.35. The van der Waals surface area contributed by atoms with Crippen molar-refractivity contribution in [1.29, 1.82) is 0 Å². The number of benzene rings is 1. The number of Topliss-reactive ketones (excluding diaryl/α,β-unsaturated/α-hetero) is 1. The van der Waals surface area contributed by atoms with Crippen molar-refractivity contribution in [1.82, 2.24) is 19.7 Å². The van der Waals surface area contributed by atoms with Crippen molar-refractivity contribution >= 4 is 16.8 Å². The Kier molecular flexibility index (Phi) is 4.63. The number of nitrogens with one attached hydrogen (secondary N) is 1. The highest BCUT2D eigenvalue weighted by molar-refractivity contribution is 5.86. The molecule has 1 aromatic carbocycles. The van der Waals surface area contributed by atoms with Gasteiger partial charge in [0.25, 0.3) is 5.56 Å². The Morgan fingerprint density at radius 1 is 1.22 bits per heavy atom. The van der Waals surface area contributed by atoms with E-state index < -0.39 is 17.8 Å². The van der Waals surface area contributed by atoms with E-state index in [9.17, 15) is 22.8 Å². The number of halogens is 3. The van der Waals surface area contributed by atoms with E-state index in [1.807, 2.05) is 0 Å². The summed E-state index contributed by atoms with van der Waals surface area (Å²) in [5, 5.41) is 4.58. The van der Waals surface area contributed by atoms with E-state index in [0.29, 0.717) is 28.1 Å². The number of H-pyrrole nitrogens is 1. The lowest BCUT2D eigenvalue weighted by atomic mass is 10.0. The van der Waals surface area contributed by atoms with E-state index in [1.165, 1.54) is 16.8 Å². The van der Waals surface area contributed by atoms with Crippen LogP contribution in [0.5, 0.6) is 0 Å². The van der Waals surface area contributed by atoms with Gasteiger partial charge in [-0.3, -0.25) is 9.59 Å². The summed E-state index contributed by atoms with van der Waals surface area (Å²) in [4.78, 5) is 31.6. The molecule has 0 saturated carbocycles. The summed E-state index contributed by atoms with van der Waals surface area (Å²) in [6.45, 7) is 4.90. The fourth-order valence-electron chi connectivity index (χ4n) is 2.89. The van der Waals surface area contributed by atoms with Crippen LogP contribution >= 0.6 is 0 Å². The predicted octanol–water partition coefficient (Wildman–Crippen LogP) is 3.13. The molecule has 0 saturated heterocycles. The van der Waals surface area contributed by atoms with Crippen LogP contribution in [-0.2, 0) is 17.4 Å². The average molecular weight is 378 g/mol. The Hall–Kier alpha value is -2.97. The highest BCUT2D eigenvalue weighted by atomic mass is 19.4. The van der Waals surface area contributed by atoms with Crippen molar-refractivity contribution in [2.45, 2.75) is 39.4 Å². The van der Waals surface area contributed by atoms with Gasteiger partial charge in [-0.2, -0.15) is 18.3 Å². The predicted molar refractivity (Wildman–Crippen MR) is 92.5 cm³/mol. The Morgan fingerprint density at radius 3 is 2.44 bits per heavy atom. The molecule has 0 bridgehead atoms. The fourth-order valence-corrected chi connectivity index (χ4v) is 2.89. The van der Waals surface area contributed by atoms with E-state index in [1.54, 1.807) is 20.8 Å². The molecule has 0 fully saturated rings. The zero-order chi connectivity index (χ0) is 19.9. The second kappa shape index (κ2) is 6.64. The van der Waals surface area contributed by atoms with Gasteiger partial charge in [0, 0.05) is 6.42 Å². The molecule has 0 aliphatic rings. The van der Waals surface area contributed by atoms with Crippen molar-refractivity contribution in [3.63, 3.8) is 0 Å². The van der Waals surface area contributed by atoms with Crippen molar-refractivity contribution in [2.24, 2.45) is 0 Å². The first-order chi connectivity index (χ1) is 12.6. The molecule has 0 aliphatic carbocycles. The molecule has 2 heterocycles. The van der Waals surface area contributed by atoms with Gasteiger partial charge in [0.2, 0.25) is 0 Å². The maximum Gasteiger partial charge on any atom is 0.416 e. The number of nitrogens with zero attached hydrogens (tertiary/aromatic N) is 3. The number of carbonyl (C=O) groups is 1. The number of hydrogen-bond acceptors (Lipinski definition) is 4. The molecular formula is C18H17F3N4O2. The minimum Gasteiger partial charge on any atom is -0.310 e. The van der Waals surface area contributed by atoms with Crippen molar-refractivity contribution in [2.75, 3.05) is 0 Å². The van der Waals surface area contributed by atoms with E-state index >= 15 is 0 Å². The molecule has 142 valence electrons. The summed E-state index contributed by atoms with van der Waals surface area (Å²) in [5.41, 5.74) is 0.132. The zero-order valence-corrected chi connectivity index (χ0v) is 14.9. The first kappa shape index (κ1) is 18.8. The summed E-state index contributed by atoms with van der Waals surface area (Å²) in [7, 11) is 0. The quantitative estimate of drug-likeness (QED) is 0.756.